The number of ether oxygens (including phenoxy) is 5. The Bertz CT molecular complexity index is 1050. The normalized spacial score (nSPS) is 10.9. The maximum Gasteiger partial charge on any atom is 0.348 e. The highest BCUT2D eigenvalue weighted by molar-refractivity contribution is 7.94. The van der Waals surface area contributed by atoms with Crippen molar-refractivity contribution in [3.05, 3.63) is 28.1 Å². The number of anilines is 1. The average Bonchev–Trinajstić information content (AvgIpc) is 3.09. The van der Waals surface area contributed by atoms with Gasteiger partial charge in [0.2, 0.25) is 5.75 Å². The third kappa shape index (κ3) is 4.28. The van der Waals surface area contributed by atoms with Crippen LogP contribution >= 0.6 is 11.3 Å². The minimum Gasteiger partial charge on any atom is -0.493 e. The van der Waals surface area contributed by atoms with E-state index in [4.69, 9.17) is 18.9 Å². The molecule has 0 saturated carbocycles. The Kier molecular flexibility index (Phi) is 7.16. The average molecular weight is 459 g/mol. The zero-order valence-electron chi connectivity index (χ0n) is 17.1. The first-order valence-electron chi connectivity index (χ1n) is 8.27. The molecule has 10 nitrogen and oxygen atoms in total. The fraction of sp³-hybridized carbons (Fsp3) is 0.333. The summed E-state index contributed by atoms with van der Waals surface area (Å²) in [6.45, 7) is 1.44. The smallest absolute Gasteiger partial charge is 0.348 e. The Balaban J connectivity index is 2.63. The summed E-state index contributed by atoms with van der Waals surface area (Å²) < 4.78 is 53.2. The molecule has 0 aliphatic heterocycles. The van der Waals surface area contributed by atoms with Crippen molar-refractivity contribution >= 4 is 39.0 Å². The van der Waals surface area contributed by atoms with Crippen molar-refractivity contribution < 1.29 is 41.7 Å². The summed E-state index contributed by atoms with van der Waals surface area (Å²) in [5.74, 6) is -0.945. The van der Waals surface area contributed by atoms with E-state index in [2.05, 4.69) is 9.46 Å². The van der Waals surface area contributed by atoms with Gasteiger partial charge >= 0.3 is 11.9 Å². The van der Waals surface area contributed by atoms with E-state index in [1.165, 1.54) is 40.4 Å². The number of carbonyl (C=O) groups is 2. The number of rotatable bonds is 8. The molecule has 0 bridgehead atoms. The molecule has 0 saturated heterocycles. The molecule has 1 heterocycles. The topological polar surface area (TPSA) is 126 Å². The van der Waals surface area contributed by atoms with Crippen LogP contribution in [0.2, 0.25) is 0 Å². The molecule has 0 atom stereocenters. The predicted octanol–water partition coefficient (Wildman–Crippen LogP) is 2.46. The Morgan fingerprint density at radius 1 is 0.900 bits per heavy atom. The van der Waals surface area contributed by atoms with E-state index in [0.29, 0.717) is 11.3 Å². The Labute approximate surface area is 177 Å². The van der Waals surface area contributed by atoms with Crippen molar-refractivity contribution in [1.82, 2.24) is 0 Å². The molecule has 164 valence electrons. The third-order valence-electron chi connectivity index (χ3n) is 4.04. The van der Waals surface area contributed by atoms with Crippen molar-refractivity contribution in [1.29, 1.82) is 0 Å². The number of methoxy groups -OCH3 is 5. The van der Waals surface area contributed by atoms with Crippen LogP contribution in [-0.2, 0) is 19.5 Å². The minimum atomic E-state index is -4.30. The van der Waals surface area contributed by atoms with E-state index in [1.54, 1.807) is 0 Å². The van der Waals surface area contributed by atoms with Gasteiger partial charge in [-0.1, -0.05) is 0 Å². The van der Waals surface area contributed by atoms with Crippen LogP contribution in [0.4, 0.5) is 5.69 Å². The number of carbonyl (C=O) groups excluding carboxylic acids is 2. The molecule has 0 unspecified atom stereocenters. The van der Waals surface area contributed by atoms with E-state index < -0.39 is 22.0 Å². The highest BCUT2D eigenvalue weighted by Gasteiger charge is 2.33. The van der Waals surface area contributed by atoms with Gasteiger partial charge < -0.3 is 23.7 Å². The van der Waals surface area contributed by atoms with Gasteiger partial charge in [-0.25, -0.2) is 18.0 Å². The fourth-order valence-electron chi connectivity index (χ4n) is 2.64. The van der Waals surface area contributed by atoms with Gasteiger partial charge in [0.1, 0.15) is 4.88 Å². The van der Waals surface area contributed by atoms with E-state index in [-0.39, 0.29) is 43.1 Å². The van der Waals surface area contributed by atoms with Gasteiger partial charge in [0, 0.05) is 12.1 Å². The summed E-state index contributed by atoms with van der Waals surface area (Å²) in [6.07, 6.45) is 0. The molecule has 0 radical (unpaired) electrons. The minimum absolute atomic E-state index is 0.0248. The van der Waals surface area contributed by atoms with Gasteiger partial charge in [-0.3, -0.25) is 4.72 Å². The molecular weight excluding hydrogens is 438 g/mol. The summed E-state index contributed by atoms with van der Waals surface area (Å²) in [5, 5.41) is 0. The zero-order valence-corrected chi connectivity index (χ0v) is 18.8. The number of hydrogen-bond donors (Lipinski definition) is 1. The summed E-state index contributed by atoms with van der Waals surface area (Å²) in [5.41, 5.74) is -0.0159. The van der Waals surface area contributed by atoms with Crippen LogP contribution in [0.1, 0.15) is 25.6 Å². The molecule has 1 N–H and O–H groups in total. The monoisotopic (exact) mass is 459 g/mol. The lowest BCUT2D eigenvalue weighted by atomic mass is 10.2. The van der Waals surface area contributed by atoms with Gasteiger partial charge in [-0.05, 0) is 12.5 Å². The number of thiophene rings is 1. The number of sulfonamides is 1. The molecule has 0 aliphatic carbocycles. The lowest BCUT2D eigenvalue weighted by molar-refractivity contribution is 0.0596. The lowest BCUT2D eigenvalue weighted by Gasteiger charge is -2.15. The van der Waals surface area contributed by atoms with Crippen LogP contribution in [0.15, 0.2) is 16.3 Å². The van der Waals surface area contributed by atoms with Crippen molar-refractivity contribution in [2.24, 2.45) is 0 Å². The standard InChI is InChI=1S/C18H21NO9S2/c1-9-13(16(20)27-5)18(29-15(9)17(21)28-6)30(22,23)19-10-7-11(24-2)14(26-4)12(8-10)25-3/h7-8,19H,1-6H3. The first-order valence-corrected chi connectivity index (χ1v) is 10.6. The number of hydrogen-bond acceptors (Lipinski definition) is 10. The number of esters is 2. The lowest BCUT2D eigenvalue weighted by Crippen LogP contribution is -2.16. The van der Waals surface area contributed by atoms with Crippen LogP contribution in [0.3, 0.4) is 0 Å². The molecule has 2 aromatic rings. The SMILES string of the molecule is COC(=O)c1sc(S(=O)(=O)Nc2cc(OC)c(OC)c(OC)c2)c(C(=O)OC)c1C. The van der Waals surface area contributed by atoms with Crippen molar-refractivity contribution in [3.63, 3.8) is 0 Å². The molecule has 0 aliphatic rings. The second-order valence-electron chi connectivity index (χ2n) is 5.72. The van der Waals surface area contributed by atoms with Gasteiger partial charge in [-0.15, -0.1) is 11.3 Å². The third-order valence-corrected chi connectivity index (χ3v) is 7.21. The number of nitrogens with one attached hydrogen (secondary N) is 1. The van der Waals surface area contributed by atoms with Crippen LogP contribution in [0.25, 0.3) is 0 Å². The molecule has 0 amide bonds. The summed E-state index contributed by atoms with van der Waals surface area (Å²) in [4.78, 5) is 24.2. The molecule has 0 spiro atoms. The van der Waals surface area contributed by atoms with Crippen LogP contribution in [0, 0.1) is 6.92 Å². The molecule has 0 fully saturated rings. The van der Waals surface area contributed by atoms with Gasteiger partial charge in [0.05, 0.1) is 46.8 Å². The Morgan fingerprint density at radius 2 is 1.43 bits per heavy atom. The highest BCUT2D eigenvalue weighted by Crippen LogP contribution is 2.41. The quantitative estimate of drug-likeness (QED) is 0.592. The van der Waals surface area contributed by atoms with Gasteiger partial charge in [0.15, 0.2) is 15.7 Å². The molecule has 1 aromatic heterocycles. The second kappa shape index (κ2) is 9.22. The van der Waals surface area contributed by atoms with Gasteiger partial charge in [0.25, 0.3) is 10.0 Å². The van der Waals surface area contributed by atoms with Crippen LogP contribution < -0.4 is 18.9 Å². The number of benzene rings is 1. The fourth-order valence-corrected chi connectivity index (χ4v) is 5.43. The predicted molar refractivity (Wildman–Crippen MR) is 109 cm³/mol. The maximum absolute atomic E-state index is 13.1. The molecule has 1 aromatic carbocycles. The summed E-state index contributed by atoms with van der Waals surface area (Å²) in [7, 11) is 2.14. The van der Waals surface area contributed by atoms with E-state index in [1.807, 2.05) is 0 Å². The molecule has 30 heavy (non-hydrogen) atoms. The first-order chi connectivity index (χ1) is 14.1. The second-order valence-corrected chi connectivity index (χ2v) is 8.62. The van der Waals surface area contributed by atoms with Crippen LogP contribution in [0.5, 0.6) is 17.2 Å². The van der Waals surface area contributed by atoms with E-state index in [0.717, 1.165) is 14.2 Å². The summed E-state index contributed by atoms with van der Waals surface area (Å²) >= 11 is 0.603. The van der Waals surface area contributed by atoms with E-state index >= 15 is 0 Å². The maximum atomic E-state index is 13.1. The first kappa shape index (κ1) is 23.3. The largest absolute Gasteiger partial charge is 0.493 e. The molecule has 2 rings (SSSR count). The Morgan fingerprint density at radius 3 is 1.87 bits per heavy atom. The van der Waals surface area contributed by atoms with Crippen molar-refractivity contribution in [3.8, 4) is 17.2 Å². The van der Waals surface area contributed by atoms with Crippen molar-refractivity contribution in [2.75, 3.05) is 40.3 Å². The molecule has 12 heteroatoms. The Hall–Kier alpha value is -2.99. The highest BCUT2D eigenvalue weighted by atomic mass is 32.2. The molecular formula is C18H21NO9S2. The van der Waals surface area contributed by atoms with Crippen LogP contribution in [-0.4, -0.2) is 55.9 Å². The van der Waals surface area contributed by atoms with E-state index in [9.17, 15) is 18.0 Å². The van der Waals surface area contributed by atoms with Crippen molar-refractivity contribution in [2.45, 2.75) is 11.1 Å². The summed E-state index contributed by atoms with van der Waals surface area (Å²) in [6, 6.07) is 2.77. The van der Waals surface area contributed by atoms with Gasteiger partial charge in [-0.2, -0.15) is 0 Å². The zero-order chi connectivity index (χ0) is 22.6.